The Kier molecular flexibility index (Phi) is 4.10. The van der Waals surface area contributed by atoms with Crippen molar-refractivity contribution < 1.29 is 9.18 Å². The standard InChI is InChI=1S/C18H11FN6OS/c1-10-22-23-18-25(10)24-17(27-18)12-3-2-4-13(8-12)21-16(26)14-6-5-11(9-20)7-15(14)19/h2-8H,1H3,(H,21,26). The second-order valence-electron chi connectivity index (χ2n) is 5.69. The van der Waals surface area contributed by atoms with Crippen LogP contribution in [0.4, 0.5) is 10.1 Å². The van der Waals surface area contributed by atoms with E-state index in [0.717, 1.165) is 16.6 Å². The van der Waals surface area contributed by atoms with Gasteiger partial charge < -0.3 is 5.32 Å². The summed E-state index contributed by atoms with van der Waals surface area (Å²) >= 11 is 1.38. The van der Waals surface area contributed by atoms with E-state index in [4.69, 9.17) is 5.26 Å². The molecule has 132 valence electrons. The first-order valence-electron chi connectivity index (χ1n) is 7.85. The predicted molar refractivity (Wildman–Crippen MR) is 97.9 cm³/mol. The van der Waals surface area contributed by atoms with Crippen molar-refractivity contribution in [2.75, 3.05) is 5.32 Å². The number of carbonyl (C=O) groups is 1. The molecule has 27 heavy (non-hydrogen) atoms. The minimum atomic E-state index is -0.744. The molecule has 0 spiro atoms. The van der Waals surface area contributed by atoms with Crippen LogP contribution in [0.3, 0.4) is 0 Å². The van der Waals surface area contributed by atoms with Crippen molar-refractivity contribution in [2.45, 2.75) is 6.92 Å². The van der Waals surface area contributed by atoms with E-state index in [-0.39, 0.29) is 11.1 Å². The number of nitrogens with one attached hydrogen (secondary N) is 1. The Hall–Kier alpha value is -3.64. The van der Waals surface area contributed by atoms with Gasteiger partial charge in [-0.25, -0.2) is 4.39 Å². The topological polar surface area (TPSA) is 96.0 Å². The number of aryl methyl sites for hydroxylation is 1. The lowest BCUT2D eigenvalue weighted by Gasteiger charge is -2.07. The zero-order valence-electron chi connectivity index (χ0n) is 14.0. The molecule has 0 bridgehead atoms. The van der Waals surface area contributed by atoms with Crippen molar-refractivity contribution >= 4 is 27.9 Å². The molecule has 0 aliphatic carbocycles. The van der Waals surface area contributed by atoms with Crippen LogP contribution >= 0.6 is 11.3 Å². The number of fused-ring (bicyclic) bond motifs is 1. The zero-order chi connectivity index (χ0) is 19.0. The summed E-state index contributed by atoms with van der Waals surface area (Å²) in [5.74, 6) is -0.650. The number of carbonyl (C=O) groups excluding carboxylic acids is 1. The predicted octanol–water partition coefficient (Wildman–Crippen LogP) is 3.42. The fourth-order valence-electron chi connectivity index (χ4n) is 2.53. The van der Waals surface area contributed by atoms with E-state index >= 15 is 0 Å². The van der Waals surface area contributed by atoms with E-state index in [1.54, 1.807) is 22.7 Å². The van der Waals surface area contributed by atoms with Gasteiger partial charge in [0.1, 0.15) is 10.8 Å². The van der Waals surface area contributed by atoms with Crippen LogP contribution in [-0.4, -0.2) is 25.7 Å². The van der Waals surface area contributed by atoms with Gasteiger partial charge in [-0.2, -0.15) is 14.9 Å². The van der Waals surface area contributed by atoms with Crippen molar-refractivity contribution in [1.82, 2.24) is 19.8 Å². The van der Waals surface area contributed by atoms with Gasteiger partial charge in [-0.05, 0) is 37.3 Å². The third-order valence-electron chi connectivity index (χ3n) is 3.86. The number of nitriles is 1. The largest absolute Gasteiger partial charge is 0.322 e. The average molecular weight is 378 g/mol. The maximum atomic E-state index is 14.0. The molecule has 4 aromatic rings. The molecule has 9 heteroatoms. The van der Waals surface area contributed by atoms with Gasteiger partial charge in [-0.1, -0.05) is 23.5 Å². The minimum absolute atomic E-state index is 0.131. The number of benzene rings is 2. The molecule has 0 fully saturated rings. The molecule has 0 saturated heterocycles. The van der Waals surface area contributed by atoms with E-state index in [1.807, 2.05) is 19.1 Å². The lowest BCUT2D eigenvalue weighted by Crippen LogP contribution is -2.13. The summed E-state index contributed by atoms with van der Waals surface area (Å²) in [5, 5.41) is 24.6. The lowest BCUT2D eigenvalue weighted by atomic mass is 10.1. The smallest absolute Gasteiger partial charge is 0.258 e. The second-order valence-corrected chi connectivity index (χ2v) is 6.65. The molecular formula is C18H11FN6OS. The van der Waals surface area contributed by atoms with Gasteiger partial charge in [0.2, 0.25) is 4.96 Å². The Bertz CT molecular complexity index is 1220. The average Bonchev–Trinajstić information content (AvgIpc) is 3.24. The van der Waals surface area contributed by atoms with Gasteiger partial charge in [0.25, 0.3) is 5.91 Å². The molecule has 2 aromatic heterocycles. The molecule has 0 saturated carbocycles. The van der Waals surface area contributed by atoms with Crippen LogP contribution in [0, 0.1) is 24.1 Å². The second kappa shape index (κ2) is 6.59. The van der Waals surface area contributed by atoms with Crippen molar-refractivity contribution in [3.63, 3.8) is 0 Å². The molecule has 7 nitrogen and oxygen atoms in total. The van der Waals surface area contributed by atoms with Crippen LogP contribution < -0.4 is 5.32 Å². The van der Waals surface area contributed by atoms with Crippen LogP contribution in [0.15, 0.2) is 42.5 Å². The number of amides is 1. The number of rotatable bonds is 3. The molecule has 1 amide bonds. The van der Waals surface area contributed by atoms with Crippen LogP contribution in [0.5, 0.6) is 0 Å². The fourth-order valence-corrected chi connectivity index (χ4v) is 3.41. The summed E-state index contributed by atoms with van der Waals surface area (Å²) in [6.07, 6.45) is 0. The van der Waals surface area contributed by atoms with Crippen LogP contribution in [0.25, 0.3) is 15.5 Å². The zero-order valence-corrected chi connectivity index (χ0v) is 14.8. The van der Waals surface area contributed by atoms with Crippen molar-refractivity contribution in [1.29, 1.82) is 5.26 Å². The molecule has 0 atom stereocenters. The maximum Gasteiger partial charge on any atom is 0.258 e. The number of anilines is 1. The number of halogens is 1. The summed E-state index contributed by atoms with van der Waals surface area (Å²) in [6.45, 7) is 1.81. The molecule has 0 aliphatic rings. The van der Waals surface area contributed by atoms with Gasteiger partial charge in [0.05, 0.1) is 17.2 Å². The third-order valence-corrected chi connectivity index (χ3v) is 4.80. The highest BCUT2D eigenvalue weighted by molar-refractivity contribution is 7.19. The normalized spacial score (nSPS) is 10.7. The lowest BCUT2D eigenvalue weighted by molar-refractivity contribution is 0.102. The van der Waals surface area contributed by atoms with Crippen molar-refractivity contribution in [2.24, 2.45) is 0 Å². The Labute approximate surface area is 156 Å². The molecular weight excluding hydrogens is 367 g/mol. The molecule has 1 N–H and O–H groups in total. The number of aromatic nitrogens is 4. The highest BCUT2D eigenvalue weighted by Gasteiger charge is 2.14. The summed E-state index contributed by atoms with van der Waals surface area (Å²) < 4.78 is 15.7. The van der Waals surface area contributed by atoms with E-state index in [0.29, 0.717) is 16.5 Å². The molecule has 0 aliphatic heterocycles. The van der Waals surface area contributed by atoms with Gasteiger partial charge in [0, 0.05) is 11.3 Å². The molecule has 4 rings (SSSR count). The quantitative estimate of drug-likeness (QED) is 0.589. The van der Waals surface area contributed by atoms with E-state index in [1.165, 1.54) is 23.5 Å². The van der Waals surface area contributed by atoms with Gasteiger partial charge in [-0.15, -0.1) is 10.2 Å². The summed E-state index contributed by atoms with van der Waals surface area (Å²) in [6, 6.07) is 12.6. The first-order chi connectivity index (χ1) is 13.0. The Morgan fingerprint density at radius 1 is 1.26 bits per heavy atom. The van der Waals surface area contributed by atoms with Crippen molar-refractivity contribution in [3.8, 4) is 16.6 Å². The van der Waals surface area contributed by atoms with E-state index in [9.17, 15) is 9.18 Å². The summed E-state index contributed by atoms with van der Waals surface area (Å²) in [7, 11) is 0. The van der Waals surface area contributed by atoms with Gasteiger partial charge in [0.15, 0.2) is 5.82 Å². The molecule has 0 unspecified atom stereocenters. The Balaban J connectivity index is 1.61. The Morgan fingerprint density at radius 2 is 2.11 bits per heavy atom. The van der Waals surface area contributed by atoms with Crippen LogP contribution in [0.1, 0.15) is 21.7 Å². The summed E-state index contributed by atoms with van der Waals surface area (Å²) in [5.41, 5.74) is 1.32. The SMILES string of the molecule is Cc1nnc2sc(-c3cccc(NC(=O)c4ccc(C#N)cc4F)c3)nn12. The number of hydrogen-bond donors (Lipinski definition) is 1. The van der Waals surface area contributed by atoms with Gasteiger partial charge in [-0.3, -0.25) is 4.79 Å². The summed E-state index contributed by atoms with van der Waals surface area (Å²) in [4.78, 5) is 13.0. The molecule has 0 radical (unpaired) electrons. The Morgan fingerprint density at radius 3 is 2.85 bits per heavy atom. The first kappa shape index (κ1) is 16.8. The number of nitrogens with zero attached hydrogens (tertiary/aromatic N) is 5. The monoisotopic (exact) mass is 378 g/mol. The molecule has 2 heterocycles. The third kappa shape index (κ3) is 3.14. The maximum absolute atomic E-state index is 14.0. The first-order valence-corrected chi connectivity index (χ1v) is 8.67. The van der Waals surface area contributed by atoms with E-state index in [2.05, 4.69) is 20.6 Å². The highest BCUT2D eigenvalue weighted by Crippen LogP contribution is 2.27. The number of hydrogen-bond acceptors (Lipinski definition) is 6. The highest BCUT2D eigenvalue weighted by atomic mass is 32.1. The van der Waals surface area contributed by atoms with E-state index < -0.39 is 11.7 Å². The van der Waals surface area contributed by atoms with Crippen LogP contribution in [-0.2, 0) is 0 Å². The van der Waals surface area contributed by atoms with Gasteiger partial charge >= 0.3 is 0 Å². The molecule has 2 aromatic carbocycles. The van der Waals surface area contributed by atoms with Crippen LogP contribution in [0.2, 0.25) is 0 Å². The fraction of sp³-hybridized carbons (Fsp3) is 0.0556. The van der Waals surface area contributed by atoms with Crippen molar-refractivity contribution in [3.05, 3.63) is 65.2 Å². The minimum Gasteiger partial charge on any atom is -0.322 e.